The van der Waals surface area contributed by atoms with E-state index in [0.29, 0.717) is 28.0 Å². The Balaban J connectivity index is 0.00000225. The Morgan fingerprint density at radius 2 is 1.68 bits per heavy atom. The lowest BCUT2D eigenvalue weighted by molar-refractivity contribution is 0.588. The maximum atomic E-state index is 13.2. The number of nitrogens with zero attached hydrogens (tertiary/aromatic N) is 2. The molecule has 0 saturated heterocycles. The van der Waals surface area contributed by atoms with Crippen molar-refractivity contribution in [3.8, 4) is 11.8 Å². The maximum absolute atomic E-state index is 13.2. The van der Waals surface area contributed by atoms with Gasteiger partial charge >= 0.3 is 0 Å². The van der Waals surface area contributed by atoms with Crippen molar-refractivity contribution in [2.75, 3.05) is 5.73 Å². The van der Waals surface area contributed by atoms with Gasteiger partial charge in [-0.25, -0.2) is 17.4 Å². The summed E-state index contributed by atoms with van der Waals surface area (Å²) in [6.45, 7) is 0. The molecule has 0 fully saturated rings. The third-order valence-electron chi connectivity index (χ3n) is 4.02. The van der Waals surface area contributed by atoms with Gasteiger partial charge in [-0.2, -0.15) is 0 Å². The summed E-state index contributed by atoms with van der Waals surface area (Å²) in [7, 11) is -3.84. The van der Waals surface area contributed by atoms with Crippen LogP contribution in [0.25, 0.3) is 11.0 Å². The molecule has 0 radical (unpaired) electrons. The zero-order valence-electron chi connectivity index (χ0n) is 14.2. The van der Waals surface area contributed by atoms with Gasteiger partial charge in [0.05, 0.1) is 4.90 Å². The van der Waals surface area contributed by atoms with E-state index in [9.17, 15) is 8.42 Å². The summed E-state index contributed by atoms with van der Waals surface area (Å²) in [6.07, 6.45) is 1.56. The quantitative estimate of drug-likeness (QED) is 0.417. The minimum absolute atomic E-state index is 0. The highest BCUT2D eigenvalue weighted by Gasteiger charge is 2.22. The fraction of sp³-hybridized carbons (Fsp3) is 0.0455. The standard InChI is InChI=1S/C21H15N3O2S.CH4/c22-18-8-4-6-16(14-18)11-12-19-15-17-7-5-13-23-21(17)24(19)27(25,26)20-9-2-1-3-10-20;/h1-10,13-15H,22H2;1H4. The number of rotatable bonds is 2. The molecule has 28 heavy (non-hydrogen) atoms. The molecule has 0 amide bonds. The predicted molar refractivity (Wildman–Crippen MR) is 112 cm³/mol. The third-order valence-corrected chi connectivity index (χ3v) is 5.74. The number of pyridine rings is 1. The van der Waals surface area contributed by atoms with Crippen LogP contribution in [0.5, 0.6) is 0 Å². The van der Waals surface area contributed by atoms with Crippen LogP contribution in [0.1, 0.15) is 18.7 Å². The summed E-state index contributed by atoms with van der Waals surface area (Å²) >= 11 is 0. The van der Waals surface area contributed by atoms with Crippen LogP contribution in [0.2, 0.25) is 0 Å². The molecule has 6 heteroatoms. The van der Waals surface area contributed by atoms with E-state index in [1.54, 1.807) is 66.9 Å². The molecule has 0 spiro atoms. The number of benzene rings is 2. The normalized spacial score (nSPS) is 10.7. The molecule has 4 rings (SSSR count). The lowest BCUT2D eigenvalue weighted by Crippen LogP contribution is -2.15. The van der Waals surface area contributed by atoms with E-state index in [1.807, 2.05) is 12.1 Å². The Bertz CT molecular complexity index is 1300. The van der Waals surface area contributed by atoms with Crippen molar-refractivity contribution in [2.45, 2.75) is 12.3 Å². The Kier molecular flexibility index (Phi) is 5.21. The Morgan fingerprint density at radius 3 is 2.43 bits per heavy atom. The van der Waals surface area contributed by atoms with Crippen LogP contribution in [-0.4, -0.2) is 17.4 Å². The summed E-state index contributed by atoms with van der Waals surface area (Å²) in [5, 5.41) is 0.703. The summed E-state index contributed by atoms with van der Waals surface area (Å²) in [6, 6.07) is 20.7. The Labute approximate surface area is 164 Å². The van der Waals surface area contributed by atoms with Gasteiger partial charge in [-0.15, -0.1) is 0 Å². The number of nitrogen functional groups attached to an aromatic ring is 1. The monoisotopic (exact) mass is 389 g/mol. The van der Waals surface area contributed by atoms with Gasteiger partial charge in [-0.05, 0) is 54.5 Å². The van der Waals surface area contributed by atoms with Crippen molar-refractivity contribution >= 4 is 26.7 Å². The van der Waals surface area contributed by atoms with Gasteiger partial charge in [0.25, 0.3) is 10.0 Å². The van der Waals surface area contributed by atoms with E-state index < -0.39 is 10.0 Å². The third kappa shape index (κ3) is 3.48. The molecule has 0 atom stereocenters. The van der Waals surface area contributed by atoms with Crippen LogP contribution in [0.4, 0.5) is 5.69 Å². The molecule has 5 nitrogen and oxygen atoms in total. The number of fused-ring (bicyclic) bond motifs is 1. The van der Waals surface area contributed by atoms with Crippen LogP contribution < -0.4 is 5.73 Å². The minimum Gasteiger partial charge on any atom is -0.399 e. The highest BCUT2D eigenvalue weighted by Crippen LogP contribution is 2.24. The molecule has 140 valence electrons. The topological polar surface area (TPSA) is 78.0 Å². The van der Waals surface area contributed by atoms with Gasteiger partial charge in [-0.1, -0.05) is 37.6 Å². The van der Waals surface area contributed by atoms with Crippen molar-refractivity contribution < 1.29 is 8.42 Å². The van der Waals surface area contributed by atoms with Crippen LogP contribution in [0, 0.1) is 11.8 Å². The molecule has 0 saturated carbocycles. The molecule has 2 heterocycles. The Hall–Kier alpha value is -3.56. The van der Waals surface area contributed by atoms with E-state index >= 15 is 0 Å². The zero-order valence-corrected chi connectivity index (χ0v) is 15.0. The van der Waals surface area contributed by atoms with Crippen molar-refractivity contribution in [3.63, 3.8) is 0 Å². The second kappa shape index (κ2) is 7.59. The first-order valence-corrected chi connectivity index (χ1v) is 9.64. The van der Waals surface area contributed by atoms with Crippen molar-refractivity contribution in [3.05, 3.63) is 90.3 Å². The number of aromatic nitrogens is 2. The molecule has 2 N–H and O–H groups in total. The number of hydrogen-bond acceptors (Lipinski definition) is 4. The highest BCUT2D eigenvalue weighted by molar-refractivity contribution is 7.90. The second-order valence-corrected chi connectivity index (χ2v) is 7.69. The lowest BCUT2D eigenvalue weighted by atomic mass is 10.2. The van der Waals surface area contributed by atoms with E-state index in [-0.39, 0.29) is 12.3 Å². The molecule has 0 bridgehead atoms. The van der Waals surface area contributed by atoms with Crippen molar-refractivity contribution in [1.29, 1.82) is 0 Å². The summed E-state index contributed by atoms with van der Waals surface area (Å²) in [5.41, 5.74) is 7.78. The van der Waals surface area contributed by atoms with Crippen LogP contribution in [0.3, 0.4) is 0 Å². The molecule has 0 aliphatic carbocycles. The molecular formula is C22H19N3O2S. The van der Waals surface area contributed by atoms with Gasteiger partial charge in [0.1, 0.15) is 5.69 Å². The molecule has 2 aromatic carbocycles. The number of nitrogens with two attached hydrogens (primary N) is 1. The average molecular weight is 389 g/mol. The van der Waals surface area contributed by atoms with Gasteiger partial charge in [-0.3, -0.25) is 0 Å². The lowest BCUT2D eigenvalue weighted by Gasteiger charge is -2.08. The molecule has 0 aliphatic rings. The molecule has 4 aromatic rings. The number of hydrogen-bond donors (Lipinski definition) is 1. The van der Waals surface area contributed by atoms with Crippen molar-refractivity contribution in [1.82, 2.24) is 8.96 Å². The maximum Gasteiger partial charge on any atom is 0.270 e. The van der Waals surface area contributed by atoms with Crippen LogP contribution in [0.15, 0.2) is 83.9 Å². The highest BCUT2D eigenvalue weighted by atomic mass is 32.2. The molecule has 0 aliphatic heterocycles. The van der Waals surface area contributed by atoms with E-state index in [1.165, 1.54) is 3.97 Å². The van der Waals surface area contributed by atoms with E-state index in [2.05, 4.69) is 16.8 Å². The largest absolute Gasteiger partial charge is 0.399 e. The fourth-order valence-corrected chi connectivity index (χ4v) is 4.24. The van der Waals surface area contributed by atoms with Gasteiger partial charge in [0.15, 0.2) is 5.65 Å². The van der Waals surface area contributed by atoms with Gasteiger partial charge in [0, 0.05) is 22.8 Å². The first-order valence-electron chi connectivity index (χ1n) is 8.20. The van der Waals surface area contributed by atoms with E-state index in [4.69, 9.17) is 5.73 Å². The van der Waals surface area contributed by atoms with Gasteiger partial charge in [0.2, 0.25) is 0 Å². The molecular weight excluding hydrogens is 370 g/mol. The fourth-order valence-electron chi connectivity index (χ4n) is 2.79. The van der Waals surface area contributed by atoms with Crippen LogP contribution in [-0.2, 0) is 10.0 Å². The van der Waals surface area contributed by atoms with Gasteiger partial charge < -0.3 is 5.73 Å². The Morgan fingerprint density at radius 1 is 0.893 bits per heavy atom. The SMILES string of the molecule is C.Nc1cccc(C#Cc2cc3cccnc3n2S(=O)(=O)c2ccccc2)c1. The predicted octanol–water partition coefficient (Wildman–Crippen LogP) is 3.89. The molecule has 0 unspecified atom stereocenters. The van der Waals surface area contributed by atoms with Crippen LogP contribution >= 0.6 is 0 Å². The molecule has 2 aromatic heterocycles. The number of anilines is 1. The first-order chi connectivity index (χ1) is 13.1. The van der Waals surface area contributed by atoms with E-state index in [0.717, 1.165) is 0 Å². The smallest absolute Gasteiger partial charge is 0.270 e. The second-order valence-electron chi connectivity index (χ2n) is 5.90. The first kappa shape index (κ1) is 19.2. The van der Waals surface area contributed by atoms with Crippen molar-refractivity contribution in [2.24, 2.45) is 0 Å². The summed E-state index contributed by atoms with van der Waals surface area (Å²) < 4.78 is 27.7. The summed E-state index contributed by atoms with van der Waals surface area (Å²) in [5.74, 6) is 5.94. The zero-order chi connectivity index (χ0) is 18.9. The summed E-state index contributed by atoms with van der Waals surface area (Å²) in [4.78, 5) is 4.44. The average Bonchev–Trinajstić information content (AvgIpc) is 3.06. The minimum atomic E-state index is -3.84.